The smallest absolute Gasteiger partial charge is 0.325 e. The highest BCUT2D eigenvalue weighted by atomic mass is 16.5. The van der Waals surface area contributed by atoms with Gasteiger partial charge in [-0.1, -0.05) is 19.1 Å². The summed E-state index contributed by atoms with van der Waals surface area (Å²) in [7, 11) is 4.95. The zero-order valence-corrected chi connectivity index (χ0v) is 16.0. The summed E-state index contributed by atoms with van der Waals surface area (Å²) in [6, 6.07) is 7.68. The van der Waals surface area contributed by atoms with Gasteiger partial charge < -0.3 is 9.64 Å². The summed E-state index contributed by atoms with van der Waals surface area (Å²) in [5.41, 5.74) is 1.06. The molecular formula is C20H30N2O3. The van der Waals surface area contributed by atoms with Crippen molar-refractivity contribution < 1.29 is 14.3 Å². The standard InChI is InChI=1S/C20H30N2O3/c1-6-20(2,19(24)25-5)22(13-15-10-11-15)14-16-8-7-9-17(12-16)18(23)21(3)4/h7-9,12,15H,6,10-11,13-14H2,1-5H3/t20-/m0/s1. The van der Waals surface area contributed by atoms with E-state index >= 15 is 0 Å². The Balaban J connectivity index is 2.26. The highest BCUT2D eigenvalue weighted by molar-refractivity contribution is 5.94. The molecule has 1 aliphatic carbocycles. The zero-order chi connectivity index (χ0) is 18.6. The highest BCUT2D eigenvalue weighted by Crippen LogP contribution is 2.34. The molecule has 0 aliphatic heterocycles. The molecule has 0 saturated heterocycles. The van der Waals surface area contributed by atoms with E-state index in [0.717, 1.165) is 12.1 Å². The summed E-state index contributed by atoms with van der Waals surface area (Å²) in [4.78, 5) is 28.4. The van der Waals surface area contributed by atoms with Crippen LogP contribution in [0.2, 0.25) is 0 Å². The van der Waals surface area contributed by atoms with E-state index in [4.69, 9.17) is 4.74 Å². The van der Waals surface area contributed by atoms with Crippen molar-refractivity contribution in [2.45, 2.75) is 45.2 Å². The van der Waals surface area contributed by atoms with Gasteiger partial charge in [0.25, 0.3) is 5.91 Å². The van der Waals surface area contributed by atoms with E-state index in [1.165, 1.54) is 20.0 Å². The molecule has 0 unspecified atom stereocenters. The second kappa shape index (κ2) is 8.00. The molecule has 0 heterocycles. The lowest BCUT2D eigenvalue weighted by Crippen LogP contribution is -2.53. The van der Waals surface area contributed by atoms with Crippen molar-refractivity contribution in [1.29, 1.82) is 0 Å². The largest absolute Gasteiger partial charge is 0.468 e. The number of carbonyl (C=O) groups is 2. The molecule has 138 valence electrons. The molecule has 5 heteroatoms. The molecule has 1 fully saturated rings. The quantitative estimate of drug-likeness (QED) is 0.679. The molecule has 0 aromatic heterocycles. The number of hydrogen-bond acceptors (Lipinski definition) is 4. The number of hydrogen-bond donors (Lipinski definition) is 0. The van der Waals surface area contributed by atoms with E-state index in [1.807, 2.05) is 38.1 Å². The molecule has 2 rings (SSSR count). The minimum absolute atomic E-state index is 0.0122. The fourth-order valence-electron chi connectivity index (χ4n) is 3.05. The fraction of sp³-hybridized carbons (Fsp3) is 0.600. The zero-order valence-electron chi connectivity index (χ0n) is 16.0. The first kappa shape index (κ1) is 19.4. The average Bonchev–Trinajstić information content (AvgIpc) is 3.43. The number of carbonyl (C=O) groups excluding carboxylic acids is 2. The van der Waals surface area contributed by atoms with Crippen molar-refractivity contribution in [2.75, 3.05) is 27.7 Å². The fourth-order valence-corrected chi connectivity index (χ4v) is 3.05. The maximum Gasteiger partial charge on any atom is 0.325 e. The van der Waals surface area contributed by atoms with Crippen LogP contribution in [0.15, 0.2) is 24.3 Å². The average molecular weight is 346 g/mol. The number of rotatable bonds is 8. The summed E-state index contributed by atoms with van der Waals surface area (Å²) in [5.74, 6) is 0.445. The molecule has 1 amide bonds. The minimum Gasteiger partial charge on any atom is -0.468 e. The van der Waals surface area contributed by atoms with E-state index in [0.29, 0.717) is 24.4 Å². The van der Waals surface area contributed by atoms with Gasteiger partial charge in [0.05, 0.1) is 7.11 Å². The maximum absolute atomic E-state index is 12.4. The first-order valence-electron chi connectivity index (χ1n) is 8.96. The van der Waals surface area contributed by atoms with E-state index in [2.05, 4.69) is 4.90 Å². The van der Waals surface area contributed by atoms with Crippen LogP contribution in [0.4, 0.5) is 0 Å². The van der Waals surface area contributed by atoms with Crippen molar-refractivity contribution in [2.24, 2.45) is 5.92 Å². The van der Waals surface area contributed by atoms with Gasteiger partial charge in [-0.2, -0.15) is 0 Å². The van der Waals surface area contributed by atoms with E-state index in [1.54, 1.807) is 19.0 Å². The molecular weight excluding hydrogens is 316 g/mol. The number of benzene rings is 1. The van der Waals surface area contributed by atoms with Crippen molar-refractivity contribution in [3.05, 3.63) is 35.4 Å². The van der Waals surface area contributed by atoms with E-state index in [9.17, 15) is 9.59 Å². The molecule has 0 bridgehead atoms. The van der Waals surface area contributed by atoms with Crippen molar-refractivity contribution in [3.8, 4) is 0 Å². The molecule has 1 saturated carbocycles. The molecule has 5 nitrogen and oxygen atoms in total. The van der Waals surface area contributed by atoms with Crippen LogP contribution < -0.4 is 0 Å². The predicted molar refractivity (Wildman–Crippen MR) is 98.3 cm³/mol. The third-order valence-electron chi connectivity index (χ3n) is 5.14. The number of esters is 1. The summed E-state index contributed by atoms with van der Waals surface area (Å²) in [6.45, 7) is 5.48. The van der Waals surface area contributed by atoms with E-state index < -0.39 is 5.54 Å². The Hall–Kier alpha value is -1.88. The molecule has 0 radical (unpaired) electrons. The van der Waals surface area contributed by atoms with Crippen LogP contribution in [0.3, 0.4) is 0 Å². The third-order valence-corrected chi connectivity index (χ3v) is 5.14. The van der Waals surface area contributed by atoms with Gasteiger partial charge in [-0.05, 0) is 49.8 Å². The molecule has 1 atom stereocenters. The lowest BCUT2D eigenvalue weighted by molar-refractivity contribution is -0.155. The first-order valence-corrected chi connectivity index (χ1v) is 8.96. The molecule has 0 spiro atoms. The molecule has 1 aromatic carbocycles. The Morgan fingerprint density at radius 2 is 1.96 bits per heavy atom. The minimum atomic E-state index is -0.654. The van der Waals surface area contributed by atoms with Gasteiger partial charge in [-0.25, -0.2) is 0 Å². The number of amides is 1. The lowest BCUT2D eigenvalue weighted by atomic mass is 9.94. The third kappa shape index (κ3) is 4.60. The second-order valence-corrected chi connectivity index (χ2v) is 7.34. The molecule has 0 N–H and O–H groups in total. The normalized spacial score (nSPS) is 16.4. The van der Waals surface area contributed by atoms with Gasteiger partial charge in [-0.15, -0.1) is 0 Å². The Bertz CT molecular complexity index is 625. The van der Waals surface area contributed by atoms with Crippen molar-refractivity contribution in [3.63, 3.8) is 0 Å². The van der Waals surface area contributed by atoms with Gasteiger partial charge in [0.1, 0.15) is 5.54 Å². The number of methoxy groups -OCH3 is 1. The molecule has 25 heavy (non-hydrogen) atoms. The maximum atomic E-state index is 12.4. The van der Waals surface area contributed by atoms with Crippen LogP contribution in [0.5, 0.6) is 0 Å². The van der Waals surface area contributed by atoms with Gasteiger partial charge in [0, 0.05) is 32.7 Å². The number of ether oxygens (including phenoxy) is 1. The number of nitrogens with zero attached hydrogens (tertiary/aromatic N) is 2. The van der Waals surface area contributed by atoms with E-state index in [-0.39, 0.29) is 11.9 Å². The van der Waals surface area contributed by atoms with Crippen LogP contribution in [-0.2, 0) is 16.1 Å². The lowest BCUT2D eigenvalue weighted by Gasteiger charge is -2.38. The Morgan fingerprint density at radius 3 is 2.48 bits per heavy atom. The van der Waals surface area contributed by atoms with Crippen LogP contribution >= 0.6 is 0 Å². The summed E-state index contributed by atoms with van der Waals surface area (Å²) in [6.07, 6.45) is 3.12. The predicted octanol–water partition coefficient (Wildman–Crippen LogP) is 2.94. The topological polar surface area (TPSA) is 49.9 Å². The monoisotopic (exact) mass is 346 g/mol. The van der Waals surface area contributed by atoms with Crippen LogP contribution in [0.25, 0.3) is 0 Å². The summed E-state index contributed by atoms with van der Waals surface area (Å²) >= 11 is 0. The van der Waals surface area contributed by atoms with Gasteiger partial charge in [-0.3, -0.25) is 14.5 Å². The van der Waals surface area contributed by atoms with Crippen molar-refractivity contribution >= 4 is 11.9 Å². The summed E-state index contributed by atoms with van der Waals surface area (Å²) < 4.78 is 5.08. The van der Waals surface area contributed by atoms with Gasteiger partial charge in [0.15, 0.2) is 0 Å². The molecule has 1 aliphatic rings. The van der Waals surface area contributed by atoms with Crippen LogP contribution in [-0.4, -0.2) is 55.0 Å². The SMILES string of the molecule is CC[C@@](C)(C(=O)OC)N(Cc1cccc(C(=O)N(C)C)c1)CC1CC1. The van der Waals surface area contributed by atoms with Crippen molar-refractivity contribution in [1.82, 2.24) is 9.80 Å². The Morgan fingerprint density at radius 1 is 1.28 bits per heavy atom. The Kier molecular flexibility index (Phi) is 6.22. The molecule has 1 aromatic rings. The van der Waals surface area contributed by atoms with Crippen LogP contribution in [0.1, 0.15) is 49.0 Å². The Labute approximate surface area is 150 Å². The van der Waals surface area contributed by atoms with Crippen LogP contribution in [0, 0.1) is 5.92 Å². The van der Waals surface area contributed by atoms with Gasteiger partial charge in [0.2, 0.25) is 0 Å². The highest BCUT2D eigenvalue weighted by Gasteiger charge is 2.41. The second-order valence-electron chi connectivity index (χ2n) is 7.34. The van der Waals surface area contributed by atoms with Gasteiger partial charge >= 0.3 is 5.97 Å². The first-order chi connectivity index (χ1) is 11.8. The summed E-state index contributed by atoms with van der Waals surface area (Å²) in [5, 5.41) is 0.